The molecule has 1 fully saturated rings. The van der Waals surface area contributed by atoms with Crippen molar-refractivity contribution in [2.75, 3.05) is 18.5 Å². The van der Waals surface area contributed by atoms with Crippen molar-refractivity contribution in [2.24, 2.45) is 5.92 Å². The van der Waals surface area contributed by atoms with Crippen molar-refractivity contribution in [1.82, 2.24) is 4.98 Å². The second-order valence-corrected chi connectivity index (χ2v) is 4.57. The van der Waals surface area contributed by atoms with Gasteiger partial charge in [0.15, 0.2) is 11.6 Å². The largest absolute Gasteiger partial charge is 0.490 e. The lowest BCUT2D eigenvalue weighted by Gasteiger charge is -2.31. The van der Waals surface area contributed by atoms with Crippen LogP contribution in [0, 0.1) is 5.92 Å². The van der Waals surface area contributed by atoms with Gasteiger partial charge in [0, 0.05) is 12.7 Å². The van der Waals surface area contributed by atoms with Crippen LogP contribution in [0.5, 0.6) is 5.75 Å². The topological polar surface area (TPSA) is 54.4 Å². The molecule has 0 unspecified atom stereocenters. The number of pyridine rings is 1. The second-order valence-electron chi connectivity index (χ2n) is 4.57. The van der Waals surface area contributed by atoms with E-state index in [1.54, 1.807) is 6.20 Å². The molecular weight excluding hydrogens is 216 g/mol. The van der Waals surface area contributed by atoms with Crippen molar-refractivity contribution >= 4 is 5.82 Å². The molecule has 4 nitrogen and oxygen atoms in total. The third-order valence-corrected chi connectivity index (χ3v) is 3.00. The zero-order valence-corrected chi connectivity index (χ0v) is 10.2. The average Bonchev–Trinajstić information content (AvgIpc) is 2.31. The molecule has 1 heterocycles. The van der Waals surface area contributed by atoms with Crippen molar-refractivity contribution in [3.63, 3.8) is 0 Å². The molecule has 17 heavy (non-hydrogen) atoms. The summed E-state index contributed by atoms with van der Waals surface area (Å²) in [5.41, 5.74) is 0. The summed E-state index contributed by atoms with van der Waals surface area (Å²) in [6.45, 7) is 3.65. The molecule has 4 heteroatoms. The van der Waals surface area contributed by atoms with Crippen LogP contribution in [-0.4, -0.2) is 29.3 Å². The summed E-state index contributed by atoms with van der Waals surface area (Å²) in [5.74, 6) is 2.18. The molecule has 94 valence electrons. The summed E-state index contributed by atoms with van der Waals surface area (Å²) in [6, 6.07) is 3.81. The first kappa shape index (κ1) is 12.2. The van der Waals surface area contributed by atoms with Crippen LogP contribution in [0.3, 0.4) is 0 Å². The van der Waals surface area contributed by atoms with Crippen LogP contribution >= 0.6 is 0 Å². The summed E-state index contributed by atoms with van der Waals surface area (Å²) < 4.78 is 5.62. The van der Waals surface area contributed by atoms with Gasteiger partial charge in [-0.3, -0.25) is 0 Å². The highest BCUT2D eigenvalue weighted by Crippen LogP contribution is 2.28. The Morgan fingerprint density at radius 1 is 1.53 bits per heavy atom. The molecule has 0 atom stereocenters. The quantitative estimate of drug-likeness (QED) is 0.793. The minimum absolute atomic E-state index is 0.0960. The summed E-state index contributed by atoms with van der Waals surface area (Å²) in [6.07, 6.45) is 4.44. The van der Waals surface area contributed by atoms with Gasteiger partial charge >= 0.3 is 0 Å². The third kappa shape index (κ3) is 3.33. The van der Waals surface area contributed by atoms with E-state index in [2.05, 4.69) is 17.2 Å². The van der Waals surface area contributed by atoms with E-state index in [9.17, 15) is 5.11 Å². The van der Waals surface area contributed by atoms with E-state index >= 15 is 0 Å². The molecule has 0 bridgehead atoms. The Kier molecular flexibility index (Phi) is 4.20. The van der Waals surface area contributed by atoms with Gasteiger partial charge in [0.1, 0.15) is 0 Å². The van der Waals surface area contributed by atoms with Gasteiger partial charge in [0.25, 0.3) is 0 Å². The summed E-state index contributed by atoms with van der Waals surface area (Å²) in [4.78, 5) is 4.28. The molecule has 1 aromatic rings. The maximum atomic E-state index is 9.22. The Morgan fingerprint density at radius 2 is 2.35 bits per heavy atom. The van der Waals surface area contributed by atoms with Crippen molar-refractivity contribution in [1.29, 1.82) is 0 Å². The standard InChI is InChI=1S/C13H20N2O2/c1-2-6-17-12-4-3-5-14-13(12)15-9-10-7-11(16)8-10/h3-5,10-11,16H,2,6-9H2,1H3,(H,14,15). The Hall–Kier alpha value is -1.29. The minimum Gasteiger partial charge on any atom is -0.490 e. The first-order valence-corrected chi connectivity index (χ1v) is 6.29. The highest BCUT2D eigenvalue weighted by atomic mass is 16.5. The van der Waals surface area contributed by atoms with Gasteiger partial charge in [-0.25, -0.2) is 4.98 Å². The number of anilines is 1. The Morgan fingerprint density at radius 3 is 3.06 bits per heavy atom. The van der Waals surface area contributed by atoms with Crippen LogP contribution in [0.25, 0.3) is 0 Å². The zero-order chi connectivity index (χ0) is 12.1. The van der Waals surface area contributed by atoms with Gasteiger partial charge in [0.05, 0.1) is 12.7 Å². The second kappa shape index (κ2) is 5.87. The van der Waals surface area contributed by atoms with Crippen LogP contribution in [0.4, 0.5) is 5.82 Å². The summed E-state index contributed by atoms with van der Waals surface area (Å²) in [5, 5.41) is 12.5. The van der Waals surface area contributed by atoms with E-state index in [0.29, 0.717) is 12.5 Å². The fourth-order valence-electron chi connectivity index (χ4n) is 1.96. The van der Waals surface area contributed by atoms with Crippen LogP contribution in [0.15, 0.2) is 18.3 Å². The van der Waals surface area contributed by atoms with E-state index in [-0.39, 0.29) is 6.10 Å². The van der Waals surface area contributed by atoms with Crippen LogP contribution in [-0.2, 0) is 0 Å². The normalized spacial score (nSPS) is 22.9. The molecule has 0 amide bonds. The van der Waals surface area contributed by atoms with Gasteiger partial charge in [0.2, 0.25) is 0 Å². The molecule has 1 aliphatic carbocycles. The van der Waals surface area contributed by atoms with Gasteiger partial charge in [-0.05, 0) is 37.3 Å². The number of ether oxygens (including phenoxy) is 1. The Bertz CT molecular complexity index is 351. The van der Waals surface area contributed by atoms with Gasteiger partial charge in [-0.15, -0.1) is 0 Å². The fourth-order valence-corrected chi connectivity index (χ4v) is 1.96. The fraction of sp³-hybridized carbons (Fsp3) is 0.615. The highest BCUT2D eigenvalue weighted by Gasteiger charge is 2.26. The number of aromatic nitrogens is 1. The van der Waals surface area contributed by atoms with E-state index in [4.69, 9.17) is 4.74 Å². The number of aliphatic hydroxyl groups is 1. The van der Waals surface area contributed by atoms with Gasteiger partial charge in [-0.2, -0.15) is 0 Å². The first-order valence-electron chi connectivity index (χ1n) is 6.29. The number of hydrogen-bond acceptors (Lipinski definition) is 4. The maximum Gasteiger partial charge on any atom is 0.168 e. The monoisotopic (exact) mass is 236 g/mol. The lowest BCUT2D eigenvalue weighted by molar-refractivity contribution is 0.0486. The third-order valence-electron chi connectivity index (χ3n) is 3.00. The molecule has 0 spiro atoms. The number of nitrogens with one attached hydrogen (secondary N) is 1. The molecule has 0 aromatic carbocycles. The zero-order valence-electron chi connectivity index (χ0n) is 10.2. The SMILES string of the molecule is CCCOc1cccnc1NCC1CC(O)C1. The van der Waals surface area contributed by atoms with Crippen LogP contribution < -0.4 is 10.1 Å². The molecule has 1 saturated carbocycles. The highest BCUT2D eigenvalue weighted by molar-refractivity contribution is 5.49. The van der Waals surface area contributed by atoms with Crippen molar-refractivity contribution < 1.29 is 9.84 Å². The van der Waals surface area contributed by atoms with Crippen molar-refractivity contribution in [3.05, 3.63) is 18.3 Å². The summed E-state index contributed by atoms with van der Waals surface area (Å²) in [7, 11) is 0. The number of nitrogens with zero attached hydrogens (tertiary/aromatic N) is 1. The van der Waals surface area contributed by atoms with E-state index in [1.807, 2.05) is 12.1 Å². The number of aliphatic hydroxyl groups excluding tert-OH is 1. The smallest absolute Gasteiger partial charge is 0.168 e. The maximum absolute atomic E-state index is 9.22. The lowest BCUT2D eigenvalue weighted by atomic mass is 9.82. The molecule has 2 rings (SSSR count). The van der Waals surface area contributed by atoms with Crippen LogP contribution in [0.2, 0.25) is 0 Å². The minimum atomic E-state index is -0.0960. The summed E-state index contributed by atoms with van der Waals surface area (Å²) >= 11 is 0. The first-order chi connectivity index (χ1) is 8.29. The van der Waals surface area contributed by atoms with E-state index < -0.39 is 0 Å². The predicted octanol–water partition coefficient (Wildman–Crippen LogP) is 2.05. The molecule has 2 N–H and O–H groups in total. The molecular formula is C13H20N2O2. The Balaban J connectivity index is 1.85. The van der Waals surface area contributed by atoms with Crippen molar-refractivity contribution in [2.45, 2.75) is 32.3 Å². The molecule has 0 radical (unpaired) electrons. The van der Waals surface area contributed by atoms with Crippen molar-refractivity contribution in [3.8, 4) is 5.75 Å². The van der Waals surface area contributed by atoms with E-state index in [0.717, 1.165) is 37.4 Å². The van der Waals surface area contributed by atoms with E-state index in [1.165, 1.54) is 0 Å². The molecule has 0 saturated heterocycles. The number of rotatable bonds is 6. The number of hydrogen-bond donors (Lipinski definition) is 2. The van der Waals surface area contributed by atoms with Gasteiger partial charge in [-0.1, -0.05) is 6.92 Å². The Labute approximate surface area is 102 Å². The molecule has 0 aliphatic heterocycles. The van der Waals surface area contributed by atoms with Crippen LogP contribution in [0.1, 0.15) is 26.2 Å². The predicted molar refractivity (Wildman–Crippen MR) is 67.2 cm³/mol. The lowest BCUT2D eigenvalue weighted by Crippen LogP contribution is -2.33. The molecule has 1 aromatic heterocycles. The van der Waals surface area contributed by atoms with Gasteiger partial charge < -0.3 is 15.2 Å². The molecule has 1 aliphatic rings. The average molecular weight is 236 g/mol.